The highest BCUT2D eigenvalue weighted by atomic mass is 35.5. The minimum Gasteiger partial charge on any atom is -0.472 e. The molecule has 3 nitrogen and oxygen atoms in total. The van der Waals surface area contributed by atoms with Gasteiger partial charge in [0, 0.05) is 25.2 Å². The van der Waals surface area contributed by atoms with E-state index in [9.17, 15) is 0 Å². The molecule has 2 rings (SSSR count). The zero-order valence-corrected chi connectivity index (χ0v) is 11.2. The SMILES string of the molecule is CN(CCNc1ccccc1Cl)Cc1ccoc1. The summed E-state index contributed by atoms with van der Waals surface area (Å²) < 4.78 is 5.05. The van der Waals surface area contributed by atoms with E-state index in [-0.39, 0.29) is 0 Å². The van der Waals surface area contributed by atoms with Gasteiger partial charge in [0.15, 0.2) is 0 Å². The number of para-hydroxylation sites is 1. The lowest BCUT2D eigenvalue weighted by atomic mass is 10.3. The van der Waals surface area contributed by atoms with E-state index in [2.05, 4.69) is 17.3 Å². The molecule has 1 heterocycles. The first-order valence-electron chi connectivity index (χ1n) is 5.94. The maximum atomic E-state index is 6.07. The number of likely N-dealkylation sites (N-methyl/N-ethyl adjacent to an activating group) is 1. The topological polar surface area (TPSA) is 28.4 Å². The number of nitrogens with one attached hydrogen (secondary N) is 1. The Bertz CT molecular complexity index is 470. The van der Waals surface area contributed by atoms with Crippen molar-refractivity contribution in [3.05, 3.63) is 53.4 Å². The number of benzene rings is 1. The number of nitrogens with zero attached hydrogens (tertiary/aromatic N) is 1. The molecule has 18 heavy (non-hydrogen) atoms. The number of anilines is 1. The molecule has 4 heteroatoms. The Labute approximate surface area is 112 Å². The van der Waals surface area contributed by atoms with Crippen LogP contribution in [0.15, 0.2) is 47.3 Å². The molecule has 0 fully saturated rings. The fraction of sp³-hybridized carbons (Fsp3) is 0.286. The van der Waals surface area contributed by atoms with Crippen molar-refractivity contribution in [3.63, 3.8) is 0 Å². The molecule has 0 aliphatic rings. The van der Waals surface area contributed by atoms with Crippen molar-refractivity contribution in [3.8, 4) is 0 Å². The Kier molecular flexibility index (Phi) is 4.67. The van der Waals surface area contributed by atoms with E-state index in [4.69, 9.17) is 16.0 Å². The van der Waals surface area contributed by atoms with E-state index >= 15 is 0 Å². The van der Waals surface area contributed by atoms with E-state index in [0.717, 1.165) is 30.3 Å². The fourth-order valence-electron chi connectivity index (χ4n) is 1.76. The summed E-state index contributed by atoms with van der Waals surface area (Å²) in [6, 6.07) is 9.76. The van der Waals surface area contributed by atoms with Crippen molar-refractivity contribution in [2.45, 2.75) is 6.54 Å². The van der Waals surface area contributed by atoms with Gasteiger partial charge in [-0.3, -0.25) is 0 Å². The number of hydrogen-bond donors (Lipinski definition) is 1. The molecule has 0 saturated carbocycles. The molecule has 1 aromatic carbocycles. The summed E-state index contributed by atoms with van der Waals surface area (Å²) in [5, 5.41) is 4.09. The first kappa shape index (κ1) is 13.0. The highest BCUT2D eigenvalue weighted by Crippen LogP contribution is 2.19. The second kappa shape index (κ2) is 6.47. The van der Waals surface area contributed by atoms with Crippen LogP contribution in [0.5, 0.6) is 0 Å². The smallest absolute Gasteiger partial charge is 0.0947 e. The van der Waals surface area contributed by atoms with Crippen LogP contribution in [0.3, 0.4) is 0 Å². The molecular formula is C14H17ClN2O. The largest absolute Gasteiger partial charge is 0.472 e. The molecule has 1 N–H and O–H groups in total. The minimum atomic E-state index is 0.759. The molecule has 1 aromatic heterocycles. The van der Waals surface area contributed by atoms with E-state index in [1.165, 1.54) is 5.56 Å². The molecular weight excluding hydrogens is 248 g/mol. The van der Waals surface area contributed by atoms with Crippen LogP contribution < -0.4 is 5.32 Å². The monoisotopic (exact) mass is 264 g/mol. The van der Waals surface area contributed by atoms with Crippen LogP contribution in [0.4, 0.5) is 5.69 Å². The van der Waals surface area contributed by atoms with Gasteiger partial charge in [0.1, 0.15) is 0 Å². The van der Waals surface area contributed by atoms with Gasteiger partial charge in [-0.2, -0.15) is 0 Å². The number of hydrogen-bond acceptors (Lipinski definition) is 3. The van der Waals surface area contributed by atoms with Gasteiger partial charge < -0.3 is 14.6 Å². The van der Waals surface area contributed by atoms with E-state index < -0.39 is 0 Å². The first-order chi connectivity index (χ1) is 8.75. The van der Waals surface area contributed by atoms with Crippen molar-refractivity contribution in [1.82, 2.24) is 4.90 Å². The lowest BCUT2D eigenvalue weighted by molar-refractivity contribution is 0.338. The predicted molar refractivity (Wildman–Crippen MR) is 75.0 cm³/mol. The van der Waals surface area contributed by atoms with Crippen LogP contribution >= 0.6 is 11.6 Å². The third-order valence-corrected chi connectivity index (χ3v) is 3.05. The second-order valence-corrected chi connectivity index (χ2v) is 4.68. The normalized spacial score (nSPS) is 10.8. The molecule has 0 saturated heterocycles. The van der Waals surface area contributed by atoms with Gasteiger partial charge in [0.2, 0.25) is 0 Å². The highest BCUT2D eigenvalue weighted by Gasteiger charge is 2.02. The van der Waals surface area contributed by atoms with E-state index in [1.54, 1.807) is 12.5 Å². The Morgan fingerprint density at radius 1 is 1.28 bits per heavy atom. The minimum absolute atomic E-state index is 0.759. The third-order valence-electron chi connectivity index (χ3n) is 2.72. The van der Waals surface area contributed by atoms with Crippen molar-refractivity contribution >= 4 is 17.3 Å². The molecule has 0 amide bonds. The molecule has 96 valence electrons. The molecule has 0 aliphatic carbocycles. The zero-order valence-electron chi connectivity index (χ0n) is 10.4. The van der Waals surface area contributed by atoms with Crippen LogP contribution in [0, 0.1) is 0 Å². The average Bonchev–Trinajstić information content (AvgIpc) is 2.84. The summed E-state index contributed by atoms with van der Waals surface area (Å²) in [5.41, 5.74) is 2.17. The van der Waals surface area contributed by atoms with Gasteiger partial charge in [-0.1, -0.05) is 23.7 Å². The Hall–Kier alpha value is -1.45. The van der Waals surface area contributed by atoms with Gasteiger partial charge in [-0.15, -0.1) is 0 Å². The molecule has 0 spiro atoms. The molecule has 0 unspecified atom stereocenters. The summed E-state index contributed by atoms with van der Waals surface area (Å²) in [6.45, 7) is 2.69. The van der Waals surface area contributed by atoms with Crippen LogP contribution in [0.2, 0.25) is 5.02 Å². The van der Waals surface area contributed by atoms with E-state index in [0.29, 0.717) is 0 Å². The number of halogens is 1. The van der Waals surface area contributed by atoms with Crippen LogP contribution in [-0.2, 0) is 6.54 Å². The Balaban J connectivity index is 1.74. The third kappa shape index (κ3) is 3.79. The lowest BCUT2D eigenvalue weighted by Gasteiger charge is -2.16. The van der Waals surface area contributed by atoms with Gasteiger partial charge in [-0.05, 0) is 25.2 Å². The quantitative estimate of drug-likeness (QED) is 0.866. The van der Waals surface area contributed by atoms with Gasteiger partial charge in [-0.25, -0.2) is 0 Å². The summed E-state index contributed by atoms with van der Waals surface area (Å²) in [4.78, 5) is 2.23. The highest BCUT2D eigenvalue weighted by molar-refractivity contribution is 6.33. The Morgan fingerprint density at radius 3 is 2.83 bits per heavy atom. The number of furan rings is 1. The first-order valence-corrected chi connectivity index (χ1v) is 6.31. The van der Waals surface area contributed by atoms with Gasteiger partial charge >= 0.3 is 0 Å². The van der Waals surface area contributed by atoms with Gasteiger partial charge in [0.05, 0.1) is 23.2 Å². The van der Waals surface area contributed by atoms with Crippen molar-refractivity contribution in [1.29, 1.82) is 0 Å². The maximum absolute atomic E-state index is 6.07. The summed E-state index contributed by atoms with van der Waals surface area (Å²) >= 11 is 6.07. The molecule has 0 atom stereocenters. The van der Waals surface area contributed by atoms with Crippen LogP contribution in [-0.4, -0.2) is 25.0 Å². The lowest BCUT2D eigenvalue weighted by Crippen LogP contribution is -2.24. The van der Waals surface area contributed by atoms with Crippen LogP contribution in [0.1, 0.15) is 5.56 Å². The van der Waals surface area contributed by atoms with Crippen molar-refractivity contribution < 1.29 is 4.42 Å². The van der Waals surface area contributed by atoms with Crippen molar-refractivity contribution in [2.24, 2.45) is 0 Å². The predicted octanol–water partition coefficient (Wildman–Crippen LogP) is 3.48. The fourth-order valence-corrected chi connectivity index (χ4v) is 1.96. The summed E-state index contributed by atoms with van der Waals surface area (Å²) in [7, 11) is 2.08. The average molecular weight is 265 g/mol. The van der Waals surface area contributed by atoms with Gasteiger partial charge in [0.25, 0.3) is 0 Å². The molecule has 0 radical (unpaired) electrons. The maximum Gasteiger partial charge on any atom is 0.0947 e. The summed E-state index contributed by atoms with van der Waals surface area (Å²) in [5.74, 6) is 0. The number of rotatable bonds is 6. The molecule has 0 bridgehead atoms. The Morgan fingerprint density at radius 2 is 2.11 bits per heavy atom. The second-order valence-electron chi connectivity index (χ2n) is 4.28. The molecule has 2 aromatic rings. The van der Waals surface area contributed by atoms with Crippen LogP contribution in [0.25, 0.3) is 0 Å². The van der Waals surface area contributed by atoms with E-state index in [1.807, 2.05) is 30.3 Å². The van der Waals surface area contributed by atoms with Crippen molar-refractivity contribution in [2.75, 3.05) is 25.5 Å². The summed E-state index contributed by atoms with van der Waals surface area (Å²) in [6.07, 6.45) is 3.48. The molecule has 0 aliphatic heterocycles. The zero-order chi connectivity index (χ0) is 12.8. The standard InChI is InChI=1S/C14H17ClN2O/c1-17(10-12-6-9-18-11-12)8-7-16-14-5-3-2-4-13(14)15/h2-6,9,11,16H,7-8,10H2,1H3.